The zero-order chi connectivity index (χ0) is 24.4. The van der Waals surface area contributed by atoms with Crippen LogP contribution in [0, 0.1) is 20.8 Å². The van der Waals surface area contributed by atoms with Gasteiger partial charge in [-0.1, -0.05) is 29.8 Å². The highest BCUT2D eigenvalue weighted by Gasteiger charge is 2.21. The van der Waals surface area contributed by atoms with E-state index in [1.165, 1.54) is 0 Å². The first kappa shape index (κ1) is 23.6. The minimum Gasteiger partial charge on any atom is -0.494 e. The van der Waals surface area contributed by atoms with Crippen molar-refractivity contribution in [3.63, 3.8) is 0 Å². The maximum Gasteiger partial charge on any atom is 0.352 e. The Bertz CT molecular complexity index is 1350. The van der Waals surface area contributed by atoms with Crippen molar-refractivity contribution in [3.05, 3.63) is 75.6 Å². The summed E-state index contributed by atoms with van der Waals surface area (Å²) in [4.78, 5) is 19.6. The molecule has 0 aliphatic heterocycles. The first-order valence-electron chi connectivity index (χ1n) is 11.1. The summed E-state index contributed by atoms with van der Waals surface area (Å²) in [5, 5.41) is 11.5. The molecule has 0 amide bonds. The number of aromatic nitrogens is 2. The molecule has 34 heavy (non-hydrogen) atoms. The minimum absolute atomic E-state index is 0.196. The van der Waals surface area contributed by atoms with Crippen LogP contribution in [0.25, 0.3) is 22.0 Å². The van der Waals surface area contributed by atoms with Gasteiger partial charge in [0.05, 0.1) is 19.2 Å². The molecule has 2 aromatic carbocycles. The Morgan fingerprint density at radius 1 is 1.12 bits per heavy atom. The molecule has 0 bridgehead atoms. The van der Waals surface area contributed by atoms with Crippen molar-refractivity contribution in [2.75, 3.05) is 13.7 Å². The second kappa shape index (κ2) is 9.77. The number of nitrogens with one attached hydrogen (secondary N) is 1. The van der Waals surface area contributed by atoms with Crippen molar-refractivity contribution in [2.24, 2.45) is 0 Å². The Hall–Kier alpha value is -3.51. The number of aromatic carboxylic acids is 1. The van der Waals surface area contributed by atoms with Gasteiger partial charge in [-0.25, -0.2) is 9.78 Å². The van der Waals surface area contributed by atoms with Gasteiger partial charge in [0.1, 0.15) is 11.4 Å². The molecule has 2 N–H and O–H groups in total. The lowest BCUT2D eigenvalue weighted by Gasteiger charge is -2.12. The summed E-state index contributed by atoms with van der Waals surface area (Å²) in [7, 11) is 1.58. The number of H-pyrrole nitrogens is 1. The maximum absolute atomic E-state index is 12.1. The number of carbonyl (C=O) groups is 1. The first-order valence-corrected chi connectivity index (χ1v) is 11.5. The third-order valence-electron chi connectivity index (χ3n) is 5.99. The van der Waals surface area contributed by atoms with Crippen molar-refractivity contribution in [3.8, 4) is 22.8 Å². The third-order valence-corrected chi connectivity index (χ3v) is 6.59. The van der Waals surface area contributed by atoms with Gasteiger partial charge in [-0.15, -0.1) is 0 Å². The van der Waals surface area contributed by atoms with Gasteiger partial charge in [0.2, 0.25) is 5.88 Å². The van der Waals surface area contributed by atoms with Crippen LogP contribution in [-0.2, 0) is 6.42 Å². The number of hydrogen-bond acceptors (Lipinski definition) is 4. The average molecular weight is 479 g/mol. The molecule has 4 aromatic rings. The van der Waals surface area contributed by atoms with Gasteiger partial charge in [0.15, 0.2) is 0 Å². The van der Waals surface area contributed by atoms with Crippen LogP contribution in [0.4, 0.5) is 0 Å². The molecule has 0 aliphatic carbocycles. The van der Waals surface area contributed by atoms with Crippen molar-refractivity contribution >= 4 is 28.5 Å². The molecule has 6 nitrogen and oxygen atoms in total. The third kappa shape index (κ3) is 4.46. The molecule has 0 atom stereocenters. The highest BCUT2D eigenvalue weighted by molar-refractivity contribution is 6.32. The molecule has 0 unspecified atom stereocenters. The minimum atomic E-state index is -0.989. The van der Waals surface area contributed by atoms with Crippen molar-refractivity contribution < 1.29 is 19.4 Å². The number of hydrogen-bond donors (Lipinski definition) is 2. The number of nitrogens with zero attached hydrogens (tertiary/aromatic N) is 1. The van der Waals surface area contributed by atoms with E-state index in [-0.39, 0.29) is 5.69 Å². The zero-order valence-corrected chi connectivity index (χ0v) is 20.4. The molecule has 0 saturated heterocycles. The number of carboxylic acids is 1. The Labute approximate surface area is 203 Å². The number of rotatable bonds is 8. The Balaban J connectivity index is 1.64. The SMILES string of the molecule is COc1nccc(C)c1-c1cccc2c(CCCOc3cc(C)c(Cl)c(C)c3)c(C(=O)O)[nH]c12. The van der Waals surface area contributed by atoms with Gasteiger partial charge in [0.25, 0.3) is 0 Å². The van der Waals surface area contributed by atoms with E-state index in [0.29, 0.717) is 25.3 Å². The van der Waals surface area contributed by atoms with Gasteiger partial charge in [-0.3, -0.25) is 0 Å². The van der Waals surface area contributed by atoms with Crippen molar-refractivity contribution in [1.82, 2.24) is 9.97 Å². The quantitative estimate of drug-likeness (QED) is 0.281. The molecule has 0 saturated carbocycles. The van der Waals surface area contributed by atoms with Crippen molar-refractivity contribution in [1.29, 1.82) is 0 Å². The molecular weight excluding hydrogens is 452 g/mol. The number of pyridine rings is 1. The second-order valence-electron chi connectivity index (χ2n) is 8.35. The fraction of sp³-hybridized carbons (Fsp3) is 0.259. The number of carboxylic acid groups (broad SMARTS) is 1. The van der Waals surface area contributed by atoms with Gasteiger partial charge in [-0.2, -0.15) is 0 Å². The fourth-order valence-electron chi connectivity index (χ4n) is 4.37. The summed E-state index contributed by atoms with van der Waals surface area (Å²) in [6, 6.07) is 11.6. The molecule has 4 rings (SSSR count). The second-order valence-corrected chi connectivity index (χ2v) is 8.72. The Morgan fingerprint density at radius 2 is 1.85 bits per heavy atom. The molecule has 7 heteroatoms. The number of aromatic amines is 1. The predicted octanol–water partition coefficient (Wildman–Crippen LogP) is 6.53. The van der Waals surface area contributed by atoms with Gasteiger partial charge in [-0.05, 0) is 74.1 Å². The lowest BCUT2D eigenvalue weighted by Crippen LogP contribution is -2.04. The lowest BCUT2D eigenvalue weighted by atomic mass is 9.98. The van der Waals surface area contributed by atoms with E-state index in [1.54, 1.807) is 13.3 Å². The van der Waals surface area contributed by atoms with E-state index in [2.05, 4.69) is 9.97 Å². The molecule has 0 aliphatic rings. The number of ether oxygens (including phenoxy) is 2. The average Bonchev–Trinajstić information content (AvgIpc) is 3.19. The smallest absolute Gasteiger partial charge is 0.352 e. The number of methoxy groups -OCH3 is 1. The van der Waals surface area contributed by atoms with Crippen LogP contribution in [0.15, 0.2) is 42.6 Å². The van der Waals surface area contributed by atoms with Crippen LogP contribution in [0.5, 0.6) is 11.6 Å². The number of benzene rings is 2. The van der Waals surface area contributed by atoms with Crippen LogP contribution < -0.4 is 9.47 Å². The van der Waals surface area contributed by atoms with Crippen LogP contribution in [-0.4, -0.2) is 34.8 Å². The molecule has 0 fully saturated rings. The molecule has 0 radical (unpaired) electrons. The monoisotopic (exact) mass is 478 g/mol. The van der Waals surface area contributed by atoms with Crippen LogP contribution in [0.3, 0.4) is 0 Å². The number of halogens is 1. The summed E-state index contributed by atoms with van der Waals surface area (Å²) in [5.41, 5.74) is 6.35. The molecule has 176 valence electrons. The van der Waals surface area contributed by atoms with E-state index in [9.17, 15) is 9.90 Å². The molecule has 2 aromatic heterocycles. The van der Waals surface area contributed by atoms with E-state index in [1.807, 2.05) is 57.2 Å². The van der Waals surface area contributed by atoms with Crippen molar-refractivity contribution in [2.45, 2.75) is 33.6 Å². The molecule has 2 heterocycles. The molecule has 0 spiro atoms. The zero-order valence-electron chi connectivity index (χ0n) is 19.7. The normalized spacial score (nSPS) is 11.1. The van der Waals surface area contributed by atoms with Gasteiger partial charge >= 0.3 is 5.97 Å². The highest BCUT2D eigenvalue weighted by atomic mass is 35.5. The number of para-hydroxylation sites is 1. The summed E-state index contributed by atoms with van der Waals surface area (Å²) < 4.78 is 11.4. The maximum atomic E-state index is 12.1. The highest BCUT2D eigenvalue weighted by Crippen LogP contribution is 2.38. The topological polar surface area (TPSA) is 84.4 Å². The number of fused-ring (bicyclic) bond motifs is 1. The summed E-state index contributed by atoms with van der Waals surface area (Å²) in [5.74, 6) is 0.276. The fourth-order valence-corrected chi connectivity index (χ4v) is 4.48. The number of aryl methyl sites for hydroxylation is 4. The van der Waals surface area contributed by atoms with E-state index >= 15 is 0 Å². The Kier molecular flexibility index (Phi) is 6.80. The Morgan fingerprint density at radius 3 is 2.53 bits per heavy atom. The van der Waals surface area contributed by atoms with Crippen LogP contribution in [0.2, 0.25) is 5.02 Å². The van der Waals surface area contributed by atoms with E-state index in [4.69, 9.17) is 21.1 Å². The lowest BCUT2D eigenvalue weighted by molar-refractivity contribution is 0.0690. The summed E-state index contributed by atoms with van der Waals surface area (Å²) in [6.45, 7) is 6.34. The van der Waals surface area contributed by atoms with Crippen LogP contribution in [0.1, 0.15) is 39.2 Å². The van der Waals surface area contributed by atoms with Gasteiger partial charge in [0, 0.05) is 27.7 Å². The van der Waals surface area contributed by atoms with Crippen LogP contribution >= 0.6 is 11.6 Å². The van der Waals surface area contributed by atoms with Gasteiger partial charge < -0.3 is 19.6 Å². The predicted molar refractivity (Wildman–Crippen MR) is 135 cm³/mol. The van der Waals surface area contributed by atoms with E-state index < -0.39 is 5.97 Å². The summed E-state index contributed by atoms with van der Waals surface area (Å²) in [6.07, 6.45) is 2.91. The largest absolute Gasteiger partial charge is 0.494 e. The summed E-state index contributed by atoms with van der Waals surface area (Å²) >= 11 is 6.24. The first-order chi connectivity index (χ1) is 16.3. The van der Waals surface area contributed by atoms with E-state index in [0.717, 1.165) is 55.1 Å². The molecular formula is C27H27ClN2O4. The standard InChI is InChI=1S/C27H27ClN2O4/c1-15-10-11-29-26(33-4)22(15)21-8-5-7-19-20(25(27(31)32)30-24(19)21)9-6-12-34-18-13-16(2)23(28)17(3)14-18/h5,7-8,10-11,13-14,30H,6,9,12H2,1-4H3,(H,31,32).